The molecular weight excluding hydrogens is 352 g/mol. The van der Waals surface area contributed by atoms with E-state index in [0.29, 0.717) is 28.7 Å². The smallest absolute Gasteiger partial charge is 0.251 e. The number of benzene rings is 1. The summed E-state index contributed by atoms with van der Waals surface area (Å²) >= 11 is 0. The molecule has 5 nitrogen and oxygen atoms in total. The van der Waals surface area contributed by atoms with Crippen molar-refractivity contribution in [3.8, 4) is 0 Å². The fraction of sp³-hybridized carbons (Fsp3) is 0.609. The highest BCUT2D eigenvalue weighted by Gasteiger charge is 2.28. The van der Waals surface area contributed by atoms with E-state index in [1.807, 2.05) is 0 Å². The number of hydrogen-bond donors (Lipinski definition) is 2. The Bertz CT molecular complexity index is 731. The predicted octanol–water partition coefficient (Wildman–Crippen LogP) is 4.57. The van der Waals surface area contributed by atoms with Gasteiger partial charge in [-0.05, 0) is 55.7 Å². The van der Waals surface area contributed by atoms with E-state index in [-0.39, 0.29) is 23.8 Å². The summed E-state index contributed by atoms with van der Waals surface area (Å²) in [6.45, 7) is 4.29. The number of rotatable bonds is 5. The molecule has 0 spiro atoms. The van der Waals surface area contributed by atoms with Crippen LogP contribution in [-0.2, 0) is 4.79 Å². The summed E-state index contributed by atoms with van der Waals surface area (Å²) in [5.74, 6) is 0.623. The number of nitrogens with one attached hydrogen (secondary N) is 2. The van der Waals surface area contributed by atoms with Crippen molar-refractivity contribution >= 4 is 23.8 Å². The Morgan fingerprint density at radius 2 is 1.61 bits per heavy atom. The molecule has 0 bridgehead atoms. The van der Waals surface area contributed by atoms with Crippen molar-refractivity contribution in [3.63, 3.8) is 0 Å². The van der Waals surface area contributed by atoms with Gasteiger partial charge in [-0.25, -0.2) is 0 Å². The van der Waals surface area contributed by atoms with Crippen LogP contribution >= 0.6 is 0 Å². The van der Waals surface area contributed by atoms with Crippen LogP contribution in [0.5, 0.6) is 0 Å². The fourth-order valence-electron chi connectivity index (χ4n) is 4.65. The fourth-order valence-corrected chi connectivity index (χ4v) is 4.65. The average molecular weight is 385 g/mol. The topological polar surface area (TPSA) is 75.3 Å². The Morgan fingerprint density at radius 1 is 0.929 bits per heavy atom. The first-order chi connectivity index (χ1) is 13.5. The summed E-state index contributed by atoms with van der Waals surface area (Å²) in [6.07, 6.45) is 9.39. The third kappa shape index (κ3) is 5.00. The van der Waals surface area contributed by atoms with Crippen molar-refractivity contribution in [1.82, 2.24) is 5.32 Å². The molecule has 1 aromatic carbocycles. The molecule has 28 heavy (non-hydrogen) atoms. The Labute approximate surface area is 167 Å². The van der Waals surface area contributed by atoms with Crippen LogP contribution in [0.1, 0.15) is 85.9 Å². The number of carbonyl (C=O) groups excluding carboxylic acids is 3. The highest BCUT2D eigenvalue weighted by atomic mass is 16.2. The lowest BCUT2D eigenvalue weighted by Crippen LogP contribution is -2.41. The lowest BCUT2D eigenvalue weighted by Gasteiger charge is -2.29. The molecule has 2 saturated carbocycles. The van der Waals surface area contributed by atoms with E-state index in [9.17, 15) is 14.4 Å². The second-order valence-electron chi connectivity index (χ2n) is 8.66. The summed E-state index contributed by atoms with van der Waals surface area (Å²) in [4.78, 5) is 36.9. The molecule has 0 aromatic heterocycles. The molecule has 3 rings (SSSR count). The Morgan fingerprint density at radius 3 is 2.29 bits per heavy atom. The zero-order valence-corrected chi connectivity index (χ0v) is 17.0. The molecule has 2 amide bonds. The number of carbonyl (C=O) groups is 3. The minimum atomic E-state index is -0.177. The molecule has 2 aliphatic rings. The Kier molecular flexibility index (Phi) is 6.87. The summed E-state index contributed by atoms with van der Waals surface area (Å²) in [7, 11) is 0. The number of anilines is 1. The number of amides is 2. The quantitative estimate of drug-likeness (QED) is 0.730. The van der Waals surface area contributed by atoms with Crippen LogP contribution in [-0.4, -0.2) is 24.1 Å². The van der Waals surface area contributed by atoms with Gasteiger partial charge >= 0.3 is 0 Å². The molecule has 0 aliphatic heterocycles. The van der Waals surface area contributed by atoms with Crippen molar-refractivity contribution in [1.29, 1.82) is 0 Å². The molecular formula is C23H32N2O3. The minimum absolute atomic E-state index is 0.00555. The van der Waals surface area contributed by atoms with Crippen LogP contribution < -0.4 is 10.6 Å². The van der Waals surface area contributed by atoms with Gasteiger partial charge in [-0.2, -0.15) is 0 Å². The van der Waals surface area contributed by atoms with E-state index in [1.165, 1.54) is 12.8 Å². The average Bonchev–Trinajstić information content (AvgIpc) is 2.69. The molecule has 2 fully saturated rings. The first-order valence-electron chi connectivity index (χ1n) is 10.7. The van der Waals surface area contributed by atoms with Gasteiger partial charge in [-0.15, -0.1) is 0 Å². The largest absolute Gasteiger partial charge is 0.349 e. The summed E-state index contributed by atoms with van der Waals surface area (Å²) in [6, 6.07) is 5.08. The van der Waals surface area contributed by atoms with E-state index >= 15 is 0 Å². The molecule has 4 atom stereocenters. The maximum absolute atomic E-state index is 12.8. The molecule has 2 aliphatic carbocycles. The maximum Gasteiger partial charge on any atom is 0.251 e. The van der Waals surface area contributed by atoms with Crippen LogP contribution in [0.4, 0.5) is 5.69 Å². The van der Waals surface area contributed by atoms with Crippen molar-refractivity contribution in [2.75, 3.05) is 5.32 Å². The van der Waals surface area contributed by atoms with E-state index in [4.69, 9.17) is 0 Å². The van der Waals surface area contributed by atoms with Crippen LogP contribution in [0, 0.1) is 17.8 Å². The SMILES string of the molecule is CC1CCCCC1NC(=O)c1cc(C=O)cc(NC(=O)C2CCCCC2C)c1. The van der Waals surface area contributed by atoms with E-state index in [0.717, 1.165) is 44.8 Å². The summed E-state index contributed by atoms with van der Waals surface area (Å²) in [5.41, 5.74) is 1.35. The molecule has 5 heteroatoms. The highest BCUT2D eigenvalue weighted by Crippen LogP contribution is 2.31. The standard InChI is InChI=1S/C23H32N2O3/c1-15-7-3-5-9-20(15)23(28)24-19-12-17(14-26)11-18(13-19)22(27)25-21-10-6-4-8-16(21)2/h11-16,20-21H,3-10H2,1-2H3,(H,24,28)(H,25,27). The molecule has 2 N–H and O–H groups in total. The zero-order valence-electron chi connectivity index (χ0n) is 17.0. The summed E-state index contributed by atoms with van der Waals surface area (Å²) < 4.78 is 0. The Hall–Kier alpha value is -2.17. The van der Waals surface area contributed by atoms with E-state index in [1.54, 1.807) is 18.2 Å². The normalized spacial score (nSPS) is 27.6. The zero-order chi connectivity index (χ0) is 20.1. The van der Waals surface area contributed by atoms with Crippen LogP contribution in [0.2, 0.25) is 0 Å². The molecule has 4 unspecified atom stereocenters. The van der Waals surface area contributed by atoms with Crippen LogP contribution in [0.3, 0.4) is 0 Å². The van der Waals surface area contributed by atoms with E-state index in [2.05, 4.69) is 24.5 Å². The second kappa shape index (κ2) is 9.35. The summed E-state index contributed by atoms with van der Waals surface area (Å²) in [5, 5.41) is 6.07. The van der Waals surface area contributed by atoms with Gasteiger partial charge in [-0.1, -0.05) is 39.5 Å². The van der Waals surface area contributed by atoms with Gasteiger partial charge in [0.2, 0.25) is 5.91 Å². The van der Waals surface area contributed by atoms with Gasteiger partial charge < -0.3 is 10.6 Å². The molecule has 0 radical (unpaired) electrons. The van der Waals surface area contributed by atoms with Crippen molar-refractivity contribution in [3.05, 3.63) is 29.3 Å². The third-order valence-electron chi connectivity index (χ3n) is 6.50. The molecule has 152 valence electrons. The lowest BCUT2D eigenvalue weighted by atomic mass is 9.80. The van der Waals surface area contributed by atoms with Crippen LogP contribution in [0.25, 0.3) is 0 Å². The van der Waals surface area contributed by atoms with E-state index < -0.39 is 0 Å². The third-order valence-corrected chi connectivity index (χ3v) is 6.50. The van der Waals surface area contributed by atoms with Gasteiger partial charge in [0.05, 0.1) is 0 Å². The number of aldehydes is 1. The van der Waals surface area contributed by atoms with Gasteiger partial charge in [0.15, 0.2) is 0 Å². The number of hydrogen-bond acceptors (Lipinski definition) is 3. The van der Waals surface area contributed by atoms with Gasteiger partial charge in [0.25, 0.3) is 5.91 Å². The molecule has 0 heterocycles. The van der Waals surface area contributed by atoms with Gasteiger partial charge in [-0.3, -0.25) is 14.4 Å². The first-order valence-corrected chi connectivity index (χ1v) is 10.7. The maximum atomic E-state index is 12.8. The first kappa shape index (κ1) is 20.6. The second-order valence-corrected chi connectivity index (χ2v) is 8.66. The van der Waals surface area contributed by atoms with Crippen molar-refractivity contribution in [2.45, 2.75) is 71.3 Å². The highest BCUT2D eigenvalue weighted by molar-refractivity contribution is 5.99. The predicted molar refractivity (Wildman–Crippen MR) is 110 cm³/mol. The van der Waals surface area contributed by atoms with Gasteiger partial charge in [0.1, 0.15) is 6.29 Å². The minimum Gasteiger partial charge on any atom is -0.349 e. The molecule has 1 aromatic rings. The monoisotopic (exact) mass is 384 g/mol. The lowest BCUT2D eigenvalue weighted by molar-refractivity contribution is -0.122. The van der Waals surface area contributed by atoms with Gasteiger partial charge in [0, 0.05) is 28.8 Å². The van der Waals surface area contributed by atoms with Crippen molar-refractivity contribution in [2.24, 2.45) is 17.8 Å². The van der Waals surface area contributed by atoms with Crippen molar-refractivity contribution < 1.29 is 14.4 Å². The molecule has 0 saturated heterocycles. The Balaban J connectivity index is 1.73. The van der Waals surface area contributed by atoms with Crippen LogP contribution in [0.15, 0.2) is 18.2 Å².